The molecule has 15 heavy (non-hydrogen) atoms. The summed E-state index contributed by atoms with van der Waals surface area (Å²) in [5.74, 6) is -0.301. The van der Waals surface area contributed by atoms with Crippen LogP contribution in [-0.2, 0) is 18.6 Å². The fraction of sp³-hybridized carbons (Fsp3) is 0.571. The summed E-state index contributed by atoms with van der Waals surface area (Å²) in [4.78, 5) is 27.2. The van der Waals surface area contributed by atoms with Gasteiger partial charge in [0.05, 0.1) is 19.8 Å². The Kier molecular flexibility index (Phi) is 7.19. The molecule has 0 aromatic rings. The molecule has 0 fully saturated rings. The van der Waals surface area contributed by atoms with Crippen molar-refractivity contribution in [2.75, 3.05) is 26.4 Å². The molecule has 0 saturated heterocycles. The molecule has 0 atom stereocenters. The Bertz CT molecular complexity index is 250. The maximum atomic E-state index is 10.6. The molecule has 0 spiro atoms. The average Bonchev–Trinajstić information content (AvgIpc) is 2.14. The maximum absolute atomic E-state index is 10.6. The number of rotatable bonds is 8. The molecular weight excluding hydrogens is 225 g/mol. The molecule has 0 aromatic carbocycles. The second-order valence-electron chi connectivity index (χ2n) is 2.43. The first-order valence-electron chi connectivity index (χ1n) is 4.14. The third-order valence-electron chi connectivity index (χ3n) is 1.22. The minimum Gasteiger partial charge on any atom is -0.377 e. The topological polar surface area (TPSA) is 105 Å². The van der Waals surface area contributed by atoms with Gasteiger partial charge in [-0.15, -0.1) is 0 Å². The average molecular weight is 239 g/mol. The summed E-state index contributed by atoms with van der Waals surface area (Å²) in [6.07, 6.45) is 1.14. The zero-order valence-electron chi connectivity index (χ0n) is 8.09. The number of ether oxygens (including phenoxy) is 1. The quantitative estimate of drug-likeness (QED) is 0.297. The maximum Gasteiger partial charge on any atom is 0.469 e. The predicted octanol–water partition coefficient (Wildman–Crippen LogP) is -0.586. The third-order valence-corrected chi connectivity index (χ3v) is 1.74. The highest BCUT2D eigenvalue weighted by Crippen LogP contribution is 2.35. The Hall–Kier alpha value is -0.720. The van der Waals surface area contributed by atoms with Gasteiger partial charge in [0.25, 0.3) is 0 Å². The van der Waals surface area contributed by atoms with E-state index in [1.165, 1.54) is 0 Å². The molecule has 0 aromatic heterocycles. The van der Waals surface area contributed by atoms with Crippen molar-refractivity contribution in [2.45, 2.75) is 0 Å². The van der Waals surface area contributed by atoms with Crippen molar-refractivity contribution in [3.8, 4) is 0 Å². The van der Waals surface area contributed by atoms with Crippen LogP contribution >= 0.6 is 7.82 Å². The summed E-state index contributed by atoms with van der Waals surface area (Å²) in [5.41, 5.74) is 0. The number of amides is 1. The Morgan fingerprint density at radius 2 is 2.07 bits per heavy atom. The molecule has 3 N–H and O–H groups in total. The molecule has 0 aliphatic rings. The molecule has 0 heterocycles. The lowest BCUT2D eigenvalue weighted by Gasteiger charge is -2.06. The van der Waals surface area contributed by atoms with Crippen LogP contribution in [0.4, 0.5) is 0 Å². The zero-order chi connectivity index (χ0) is 11.7. The minimum absolute atomic E-state index is 0.0507. The molecule has 0 rings (SSSR count). The van der Waals surface area contributed by atoms with E-state index in [9.17, 15) is 9.36 Å². The Labute approximate surface area is 87.3 Å². The summed E-state index contributed by atoms with van der Waals surface area (Å²) in [5, 5.41) is 2.46. The number of carbonyl (C=O) groups excluding carboxylic acids is 1. The van der Waals surface area contributed by atoms with Crippen LogP contribution in [0.3, 0.4) is 0 Å². The zero-order valence-corrected chi connectivity index (χ0v) is 8.98. The Morgan fingerprint density at radius 1 is 1.40 bits per heavy atom. The smallest absolute Gasteiger partial charge is 0.377 e. The van der Waals surface area contributed by atoms with Crippen molar-refractivity contribution in [2.24, 2.45) is 0 Å². The van der Waals surface area contributed by atoms with Crippen molar-refractivity contribution in [1.82, 2.24) is 5.32 Å². The fourth-order valence-electron chi connectivity index (χ4n) is 0.636. The van der Waals surface area contributed by atoms with Crippen LogP contribution in [0.25, 0.3) is 0 Å². The number of carbonyl (C=O) groups is 1. The molecule has 7 nitrogen and oxygen atoms in total. The summed E-state index contributed by atoms with van der Waals surface area (Å²) >= 11 is 0. The standard InChI is InChI=1S/C7H14NO6P/c1-2-7(9)8-3-4-13-5-6-14-15(10,11)12/h2H,1,3-6H2,(H,8,9)(H2,10,11,12). The molecule has 0 unspecified atom stereocenters. The molecule has 8 heteroatoms. The fourth-order valence-corrected chi connectivity index (χ4v) is 0.948. The highest BCUT2D eigenvalue weighted by Gasteiger charge is 2.12. The number of hydrogen-bond donors (Lipinski definition) is 3. The molecule has 0 bridgehead atoms. The molecule has 0 saturated carbocycles. The van der Waals surface area contributed by atoms with Gasteiger partial charge in [-0.05, 0) is 6.08 Å². The third kappa shape index (κ3) is 11.2. The highest BCUT2D eigenvalue weighted by atomic mass is 31.2. The lowest BCUT2D eigenvalue weighted by atomic mass is 10.5. The number of phosphoric ester groups is 1. The first-order chi connectivity index (χ1) is 6.95. The van der Waals surface area contributed by atoms with Gasteiger partial charge in [0, 0.05) is 6.54 Å². The van der Waals surface area contributed by atoms with Gasteiger partial charge in [0.2, 0.25) is 5.91 Å². The minimum atomic E-state index is -4.40. The number of phosphoric acid groups is 1. The number of nitrogens with one attached hydrogen (secondary N) is 1. The van der Waals surface area contributed by atoms with Crippen LogP contribution in [0.1, 0.15) is 0 Å². The normalized spacial score (nSPS) is 11.1. The van der Waals surface area contributed by atoms with Crippen molar-refractivity contribution < 1.29 is 28.4 Å². The summed E-state index contributed by atoms with van der Waals surface area (Å²) in [6, 6.07) is 0. The molecule has 1 amide bonds. The van der Waals surface area contributed by atoms with Gasteiger partial charge in [-0.25, -0.2) is 4.57 Å². The Balaban J connectivity index is 3.22. The van der Waals surface area contributed by atoms with Gasteiger partial charge in [0.15, 0.2) is 0 Å². The SMILES string of the molecule is C=CC(=O)NCCOCCOP(=O)(O)O. The second kappa shape index (κ2) is 7.56. The van der Waals surface area contributed by atoms with Crippen molar-refractivity contribution >= 4 is 13.7 Å². The van der Waals surface area contributed by atoms with Gasteiger partial charge < -0.3 is 19.8 Å². The van der Waals surface area contributed by atoms with Crippen molar-refractivity contribution in [1.29, 1.82) is 0 Å². The van der Waals surface area contributed by atoms with E-state index in [4.69, 9.17) is 14.5 Å². The molecule has 0 aliphatic carbocycles. The van der Waals surface area contributed by atoms with Gasteiger partial charge >= 0.3 is 7.82 Å². The molecular formula is C7H14NO6P. The van der Waals surface area contributed by atoms with Gasteiger partial charge in [-0.3, -0.25) is 9.32 Å². The lowest BCUT2D eigenvalue weighted by molar-refractivity contribution is -0.116. The predicted molar refractivity (Wildman–Crippen MR) is 52.0 cm³/mol. The van der Waals surface area contributed by atoms with Gasteiger partial charge in [-0.1, -0.05) is 6.58 Å². The van der Waals surface area contributed by atoms with Gasteiger partial charge in [-0.2, -0.15) is 0 Å². The van der Waals surface area contributed by atoms with E-state index < -0.39 is 7.82 Å². The van der Waals surface area contributed by atoms with E-state index in [0.717, 1.165) is 6.08 Å². The summed E-state index contributed by atoms with van der Waals surface area (Å²) in [7, 11) is -4.40. The molecule has 88 valence electrons. The van der Waals surface area contributed by atoms with E-state index in [1.807, 2.05) is 0 Å². The summed E-state index contributed by atoms with van der Waals surface area (Å²) in [6.45, 7) is 3.66. The van der Waals surface area contributed by atoms with E-state index in [-0.39, 0.29) is 25.7 Å². The highest BCUT2D eigenvalue weighted by molar-refractivity contribution is 7.46. The van der Waals surface area contributed by atoms with Crippen LogP contribution < -0.4 is 5.32 Å². The van der Waals surface area contributed by atoms with Crippen LogP contribution in [-0.4, -0.2) is 42.1 Å². The monoisotopic (exact) mass is 239 g/mol. The van der Waals surface area contributed by atoms with E-state index in [0.29, 0.717) is 6.54 Å². The van der Waals surface area contributed by atoms with Gasteiger partial charge in [0.1, 0.15) is 0 Å². The van der Waals surface area contributed by atoms with Crippen molar-refractivity contribution in [3.05, 3.63) is 12.7 Å². The molecule has 0 aliphatic heterocycles. The van der Waals surface area contributed by atoms with Crippen LogP contribution in [0.2, 0.25) is 0 Å². The largest absolute Gasteiger partial charge is 0.469 e. The van der Waals surface area contributed by atoms with E-state index in [1.54, 1.807) is 0 Å². The Morgan fingerprint density at radius 3 is 2.60 bits per heavy atom. The van der Waals surface area contributed by atoms with Crippen LogP contribution in [0.5, 0.6) is 0 Å². The first kappa shape index (κ1) is 14.3. The molecule has 0 radical (unpaired) electrons. The van der Waals surface area contributed by atoms with E-state index >= 15 is 0 Å². The van der Waals surface area contributed by atoms with Crippen LogP contribution in [0, 0.1) is 0 Å². The van der Waals surface area contributed by atoms with E-state index in [2.05, 4.69) is 16.4 Å². The lowest BCUT2D eigenvalue weighted by Crippen LogP contribution is -2.25. The second-order valence-corrected chi connectivity index (χ2v) is 3.67. The number of hydrogen-bond acceptors (Lipinski definition) is 4. The first-order valence-corrected chi connectivity index (χ1v) is 5.67. The van der Waals surface area contributed by atoms with Crippen molar-refractivity contribution in [3.63, 3.8) is 0 Å². The summed E-state index contributed by atoms with van der Waals surface area (Å²) < 4.78 is 19.2. The van der Waals surface area contributed by atoms with Crippen LogP contribution in [0.15, 0.2) is 12.7 Å².